The molecule has 0 radical (unpaired) electrons. The molecule has 6 aromatic carbocycles. The van der Waals surface area contributed by atoms with Crippen LogP contribution in [0.4, 0.5) is 27.1 Å². The Morgan fingerprint density at radius 2 is 1.26 bits per heavy atom. The summed E-state index contributed by atoms with van der Waals surface area (Å²) < 4.78 is 23.4. The van der Waals surface area contributed by atoms with Gasteiger partial charge in [-0.25, -0.2) is 9.37 Å². The number of halogens is 1. The molecule has 1 aliphatic rings. The molecule has 3 heterocycles. The maximum atomic E-state index is 14.6. The van der Waals surface area contributed by atoms with Gasteiger partial charge in [0.05, 0.1) is 0 Å². The standard InChI is InChI=1S/C54H50FN4O.Pt/c1-52(2,3)36-25-26-56-50(31-36)59-48-22-14-19-44(35-15-12-16-39(55)27-35)51(48)45-24-23-43(33-49(45)59)60-42-18-13-17-40(32-42)57-34-58(47-21-11-10-20-46(47)57)41-29-37(53(4,5)6)28-38(30-41)54(7,8)9;/h10-31,34H,1-9H3;/q-3;. The Hall–Kier alpha value is -5.71. The zero-order valence-electron chi connectivity index (χ0n) is 36.2. The number of rotatable bonds is 6. The van der Waals surface area contributed by atoms with Crippen molar-refractivity contribution >= 4 is 44.6 Å². The summed E-state index contributed by atoms with van der Waals surface area (Å²) in [5.74, 6) is 1.60. The van der Waals surface area contributed by atoms with Crippen molar-refractivity contribution in [3.63, 3.8) is 0 Å². The molecule has 0 saturated heterocycles. The number of benzene rings is 6. The van der Waals surface area contributed by atoms with Gasteiger partial charge in [0.1, 0.15) is 11.6 Å². The van der Waals surface area contributed by atoms with Crippen LogP contribution in [0.5, 0.6) is 11.5 Å². The van der Waals surface area contributed by atoms with E-state index in [0.29, 0.717) is 11.5 Å². The Labute approximate surface area is 374 Å². The minimum atomic E-state index is -0.277. The molecule has 2 aromatic heterocycles. The van der Waals surface area contributed by atoms with Gasteiger partial charge in [-0.1, -0.05) is 110 Å². The molecule has 9 rings (SSSR count). The topological polar surface area (TPSA) is 33.5 Å². The molecule has 312 valence electrons. The fourth-order valence-electron chi connectivity index (χ4n) is 8.05. The monoisotopic (exact) mass is 984 g/mol. The molecule has 0 amide bonds. The van der Waals surface area contributed by atoms with Gasteiger partial charge in [-0.3, -0.25) is 0 Å². The second-order valence-electron chi connectivity index (χ2n) is 18.9. The van der Waals surface area contributed by atoms with Crippen LogP contribution in [0.15, 0.2) is 134 Å². The van der Waals surface area contributed by atoms with E-state index in [1.165, 1.54) is 17.2 Å². The number of nitrogens with zero attached hydrogens (tertiary/aromatic N) is 4. The molecule has 0 fully saturated rings. The van der Waals surface area contributed by atoms with Gasteiger partial charge in [-0.2, -0.15) is 12.1 Å². The van der Waals surface area contributed by atoms with E-state index >= 15 is 0 Å². The minimum absolute atomic E-state index is 0. The van der Waals surface area contributed by atoms with Gasteiger partial charge >= 0.3 is 0 Å². The van der Waals surface area contributed by atoms with Crippen molar-refractivity contribution in [3.05, 3.63) is 175 Å². The van der Waals surface area contributed by atoms with E-state index in [4.69, 9.17) is 9.72 Å². The zero-order chi connectivity index (χ0) is 42.1. The summed E-state index contributed by atoms with van der Waals surface area (Å²) in [6, 6.07) is 49.8. The van der Waals surface area contributed by atoms with Crippen LogP contribution in [0.2, 0.25) is 0 Å². The van der Waals surface area contributed by atoms with Crippen molar-refractivity contribution in [1.82, 2.24) is 9.55 Å². The van der Waals surface area contributed by atoms with Crippen molar-refractivity contribution in [2.24, 2.45) is 0 Å². The average molecular weight is 985 g/mol. The van der Waals surface area contributed by atoms with Gasteiger partial charge in [0.2, 0.25) is 0 Å². The predicted molar refractivity (Wildman–Crippen MR) is 246 cm³/mol. The number of fused-ring (bicyclic) bond motifs is 4. The van der Waals surface area contributed by atoms with Crippen molar-refractivity contribution in [3.8, 4) is 28.4 Å². The van der Waals surface area contributed by atoms with Crippen molar-refractivity contribution < 1.29 is 30.2 Å². The molecule has 0 atom stereocenters. The summed E-state index contributed by atoms with van der Waals surface area (Å²) in [6.45, 7) is 22.4. The van der Waals surface area contributed by atoms with Gasteiger partial charge in [0.25, 0.3) is 0 Å². The third-order valence-corrected chi connectivity index (χ3v) is 11.4. The Balaban J connectivity index is 0.00000514. The van der Waals surface area contributed by atoms with Crippen LogP contribution in [-0.2, 0) is 37.3 Å². The Morgan fingerprint density at radius 3 is 1.95 bits per heavy atom. The Morgan fingerprint density at radius 1 is 0.607 bits per heavy atom. The first-order valence-electron chi connectivity index (χ1n) is 20.6. The minimum Gasteiger partial charge on any atom is -0.509 e. The first-order chi connectivity index (χ1) is 28.5. The first-order valence-corrected chi connectivity index (χ1v) is 20.6. The van der Waals surface area contributed by atoms with Crippen LogP contribution in [0.25, 0.3) is 38.8 Å². The normalized spacial score (nSPS) is 13.1. The van der Waals surface area contributed by atoms with Gasteiger partial charge in [0.15, 0.2) is 0 Å². The molecule has 0 saturated carbocycles. The second kappa shape index (κ2) is 15.6. The largest absolute Gasteiger partial charge is 0.509 e. The maximum Gasteiger partial charge on any atom is 0.135 e. The smallest absolute Gasteiger partial charge is 0.135 e. The van der Waals surface area contributed by atoms with Gasteiger partial charge in [-0.05, 0) is 104 Å². The summed E-state index contributed by atoms with van der Waals surface area (Å²) in [5, 5.41) is 1.96. The molecule has 0 unspecified atom stereocenters. The van der Waals surface area contributed by atoms with Crippen LogP contribution in [0.1, 0.15) is 79.0 Å². The average Bonchev–Trinajstić information content (AvgIpc) is 3.76. The third-order valence-electron chi connectivity index (χ3n) is 11.4. The summed E-state index contributed by atoms with van der Waals surface area (Å²) in [4.78, 5) is 9.34. The summed E-state index contributed by atoms with van der Waals surface area (Å²) in [7, 11) is 0. The molecule has 8 aromatic rings. The van der Waals surface area contributed by atoms with Crippen molar-refractivity contribution in [2.45, 2.75) is 78.6 Å². The Bertz CT molecular complexity index is 2900. The van der Waals surface area contributed by atoms with Crippen LogP contribution in [0.3, 0.4) is 0 Å². The molecule has 0 spiro atoms. The number of hydrogen-bond donors (Lipinski definition) is 0. The number of hydrogen-bond acceptors (Lipinski definition) is 4. The zero-order valence-corrected chi connectivity index (χ0v) is 38.4. The van der Waals surface area contributed by atoms with Crippen LogP contribution < -0.4 is 14.5 Å². The molecule has 0 N–H and O–H groups in total. The fraction of sp³-hybridized carbons (Fsp3) is 0.222. The Kier molecular flexibility index (Phi) is 10.8. The predicted octanol–water partition coefficient (Wildman–Crippen LogP) is 14.7. The molecule has 1 aliphatic heterocycles. The molecule has 5 nitrogen and oxygen atoms in total. The first kappa shape index (κ1) is 42.0. The molecule has 0 bridgehead atoms. The van der Waals surface area contributed by atoms with Gasteiger partial charge in [-0.15, -0.1) is 48.1 Å². The third kappa shape index (κ3) is 7.99. The van der Waals surface area contributed by atoms with E-state index in [1.54, 1.807) is 12.1 Å². The molecular formula is C54H50FN4OPt-3. The van der Waals surface area contributed by atoms with Crippen LogP contribution in [-0.4, -0.2) is 9.55 Å². The summed E-state index contributed by atoms with van der Waals surface area (Å²) in [5.41, 5.74) is 11.3. The SMILES string of the molecule is CC(C)(C)c1cc(N2[CH-]N(c3[c-]c(Oc4[c-]c5c(cc4)c4c(-c6cccc(F)c6)cccc4n5-c4cc(C(C)(C)C)ccn4)ccc3)c3ccccc32)cc(C(C)(C)C)c1.[Pt]. The van der Waals surface area contributed by atoms with E-state index in [1.807, 2.05) is 42.6 Å². The van der Waals surface area contributed by atoms with E-state index < -0.39 is 0 Å². The van der Waals surface area contributed by atoms with Crippen LogP contribution >= 0.6 is 0 Å². The van der Waals surface area contributed by atoms with Gasteiger partial charge in [0, 0.05) is 61.3 Å². The van der Waals surface area contributed by atoms with E-state index in [9.17, 15) is 4.39 Å². The van der Waals surface area contributed by atoms with Crippen molar-refractivity contribution in [1.29, 1.82) is 0 Å². The number of aromatic nitrogens is 2. The van der Waals surface area contributed by atoms with Gasteiger partial charge < -0.3 is 19.1 Å². The fourth-order valence-corrected chi connectivity index (χ4v) is 8.05. The number of anilines is 4. The molecule has 0 aliphatic carbocycles. The number of ether oxygens (including phenoxy) is 1. The summed E-state index contributed by atoms with van der Waals surface area (Å²) >= 11 is 0. The second-order valence-corrected chi connectivity index (χ2v) is 18.9. The molecule has 61 heavy (non-hydrogen) atoms. The number of pyridine rings is 1. The molecule has 7 heteroatoms. The number of para-hydroxylation sites is 2. The van der Waals surface area contributed by atoms with Crippen molar-refractivity contribution in [2.75, 3.05) is 9.80 Å². The van der Waals surface area contributed by atoms with E-state index in [0.717, 1.165) is 67.1 Å². The summed E-state index contributed by atoms with van der Waals surface area (Å²) in [6.07, 6.45) is 1.87. The molecular weight excluding hydrogens is 935 g/mol. The van der Waals surface area contributed by atoms with E-state index in [-0.39, 0.29) is 43.1 Å². The quantitative estimate of drug-likeness (QED) is 0.156. The van der Waals surface area contributed by atoms with Crippen LogP contribution in [0, 0.1) is 24.6 Å². The van der Waals surface area contributed by atoms with E-state index in [2.05, 4.69) is 168 Å². The maximum absolute atomic E-state index is 14.6.